The van der Waals surface area contributed by atoms with Crippen LogP contribution in [-0.2, 0) is 16.0 Å². The standard InChI is InChI=1S/C27H27F3O3S/c1-5-17-8-6-7-9-20(17)22-14-18-10-11-19(15-21(18)34-22)32-23-12-13-24(33-25(31)16(2)3)26(23,4)27(28,29)30/h6-11,14-15,23-24H,2,5,12-13H2,1,3-4H3. The first-order valence-electron chi connectivity index (χ1n) is 11.3. The lowest BCUT2D eigenvalue weighted by Gasteiger charge is -2.37. The van der Waals surface area contributed by atoms with E-state index in [2.05, 4.69) is 31.7 Å². The van der Waals surface area contributed by atoms with Gasteiger partial charge in [0.05, 0.1) is 0 Å². The lowest BCUT2D eigenvalue weighted by molar-refractivity contribution is -0.262. The summed E-state index contributed by atoms with van der Waals surface area (Å²) in [7, 11) is 0. The fourth-order valence-corrected chi connectivity index (χ4v) is 5.67. The van der Waals surface area contributed by atoms with Crippen molar-refractivity contribution in [3.63, 3.8) is 0 Å². The van der Waals surface area contributed by atoms with Gasteiger partial charge in [0, 0.05) is 15.2 Å². The Morgan fingerprint density at radius 1 is 1.15 bits per heavy atom. The molecular weight excluding hydrogens is 461 g/mol. The topological polar surface area (TPSA) is 35.5 Å². The molecule has 2 aromatic carbocycles. The molecule has 180 valence electrons. The summed E-state index contributed by atoms with van der Waals surface area (Å²) in [4.78, 5) is 13.1. The number of esters is 1. The maximum Gasteiger partial charge on any atom is 0.401 e. The molecule has 0 saturated heterocycles. The van der Waals surface area contributed by atoms with Crippen LogP contribution in [0.25, 0.3) is 20.5 Å². The first-order valence-corrected chi connectivity index (χ1v) is 12.1. The number of rotatable bonds is 6. The van der Waals surface area contributed by atoms with Gasteiger partial charge < -0.3 is 9.47 Å². The quantitative estimate of drug-likeness (QED) is 0.263. The maximum atomic E-state index is 14.2. The first kappa shape index (κ1) is 24.3. The van der Waals surface area contributed by atoms with Gasteiger partial charge in [0.1, 0.15) is 23.4 Å². The summed E-state index contributed by atoms with van der Waals surface area (Å²) in [6, 6.07) is 15.7. The predicted molar refractivity (Wildman–Crippen MR) is 129 cm³/mol. The van der Waals surface area contributed by atoms with E-state index in [-0.39, 0.29) is 18.4 Å². The van der Waals surface area contributed by atoms with Crippen LogP contribution in [0, 0.1) is 5.41 Å². The molecule has 3 unspecified atom stereocenters. The summed E-state index contributed by atoms with van der Waals surface area (Å²) in [6.45, 7) is 8.07. The molecule has 1 aliphatic carbocycles. The molecule has 34 heavy (non-hydrogen) atoms. The zero-order valence-electron chi connectivity index (χ0n) is 19.4. The third kappa shape index (κ3) is 4.33. The Balaban J connectivity index is 1.62. The fraction of sp³-hybridized carbons (Fsp3) is 0.370. The molecule has 1 fully saturated rings. The number of carbonyl (C=O) groups excluding carboxylic acids is 1. The van der Waals surface area contributed by atoms with E-state index in [1.807, 2.05) is 18.2 Å². The summed E-state index contributed by atoms with van der Waals surface area (Å²) in [6.07, 6.45) is -6.01. The fourth-order valence-electron chi connectivity index (χ4n) is 4.52. The van der Waals surface area contributed by atoms with Crippen LogP contribution >= 0.6 is 11.3 Å². The van der Waals surface area contributed by atoms with E-state index in [1.54, 1.807) is 23.5 Å². The highest BCUT2D eigenvalue weighted by Gasteiger charge is 2.66. The number of halogens is 3. The average molecular weight is 489 g/mol. The highest BCUT2D eigenvalue weighted by Crippen LogP contribution is 2.53. The summed E-state index contributed by atoms with van der Waals surface area (Å²) < 4.78 is 54.7. The number of thiophene rings is 1. The van der Waals surface area contributed by atoms with Crippen molar-refractivity contribution in [1.29, 1.82) is 0 Å². The van der Waals surface area contributed by atoms with Gasteiger partial charge in [-0.1, -0.05) is 37.8 Å². The Hall–Kier alpha value is -2.80. The molecule has 0 radical (unpaired) electrons. The number of fused-ring (bicyclic) bond motifs is 1. The smallest absolute Gasteiger partial charge is 0.401 e. The van der Waals surface area contributed by atoms with Crippen molar-refractivity contribution in [3.05, 3.63) is 66.2 Å². The van der Waals surface area contributed by atoms with Crippen molar-refractivity contribution < 1.29 is 27.4 Å². The van der Waals surface area contributed by atoms with E-state index in [1.165, 1.54) is 12.5 Å². The normalized spacial score (nSPS) is 22.6. The van der Waals surface area contributed by atoms with Crippen LogP contribution in [0.5, 0.6) is 5.75 Å². The van der Waals surface area contributed by atoms with Crippen molar-refractivity contribution in [2.24, 2.45) is 5.41 Å². The molecule has 1 aliphatic rings. The summed E-state index contributed by atoms with van der Waals surface area (Å²) in [5.74, 6) is -0.446. The van der Waals surface area contributed by atoms with Gasteiger partial charge in [-0.2, -0.15) is 13.2 Å². The molecule has 3 aromatic rings. The highest BCUT2D eigenvalue weighted by atomic mass is 32.1. The minimum atomic E-state index is -4.61. The van der Waals surface area contributed by atoms with Crippen LogP contribution in [-0.4, -0.2) is 24.4 Å². The van der Waals surface area contributed by atoms with Crippen molar-refractivity contribution in [1.82, 2.24) is 0 Å². The molecule has 1 heterocycles. The SMILES string of the molecule is C=C(C)C(=O)OC1CCC(Oc2ccc3cc(-c4ccccc4CC)sc3c2)C1(C)C(F)(F)F. The van der Waals surface area contributed by atoms with Gasteiger partial charge in [-0.3, -0.25) is 0 Å². The highest BCUT2D eigenvalue weighted by molar-refractivity contribution is 7.22. The molecular formula is C27H27F3O3S. The van der Waals surface area contributed by atoms with Gasteiger partial charge in [0.15, 0.2) is 0 Å². The number of hydrogen-bond acceptors (Lipinski definition) is 4. The minimum absolute atomic E-state index is 0.0671. The second kappa shape index (κ2) is 9.10. The van der Waals surface area contributed by atoms with Crippen molar-refractivity contribution in [3.8, 4) is 16.2 Å². The number of aryl methyl sites for hydroxylation is 1. The largest absolute Gasteiger partial charge is 0.489 e. The number of alkyl halides is 3. The van der Waals surface area contributed by atoms with Crippen molar-refractivity contribution >= 4 is 27.4 Å². The number of ether oxygens (including phenoxy) is 2. The lowest BCUT2D eigenvalue weighted by Crippen LogP contribution is -2.51. The molecule has 0 N–H and O–H groups in total. The molecule has 3 atom stereocenters. The Labute approximate surface area is 201 Å². The van der Waals surface area contributed by atoms with E-state index in [0.29, 0.717) is 5.75 Å². The first-order chi connectivity index (χ1) is 16.0. The number of carbonyl (C=O) groups is 1. The van der Waals surface area contributed by atoms with Crippen LogP contribution in [0.3, 0.4) is 0 Å². The van der Waals surface area contributed by atoms with Gasteiger partial charge in [0.2, 0.25) is 0 Å². The average Bonchev–Trinajstić information content (AvgIpc) is 3.35. The number of benzene rings is 2. The second-order valence-corrected chi connectivity index (χ2v) is 10.0. The van der Waals surface area contributed by atoms with E-state index in [0.717, 1.165) is 33.9 Å². The Bertz CT molecular complexity index is 1230. The van der Waals surface area contributed by atoms with Crippen LogP contribution in [0.1, 0.15) is 39.2 Å². The summed E-state index contributed by atoms with van der Waals surface area (Å²) in [5, 5.41) is 1.01. The Morgan fingerprint density at radius 2 is 1.85 bits per heavy atom. The van der Waals surface area contributed by atoms with Gasteiger partial charge in [-0.25, -0.2) is 4.79 Å². The van der Waals surface area contributed by atoms with Gasteiger partial charge in [0.25, 0.3) is 0 Å². The van der Waals surface area contributed by atoms with Gasteiger partial charge >= 0.3 is 12.1 Å². The van der Waals surface area contributed by atoms with Gasteiger partial charge in [-0.05, 0) is 73.9 Å². The zero-order valence-corrected chi connectivity index (χ0v) is 20.2. The van der Waals surface area contributed by atoms with E-state index >= 15 is 0 Å². The van der Waals surface area contributed by atoms with Crippen LogP contribution < -0.4 is 4.74 Å². The van der Waals surface area contributed by atoms with Crippen LogP contribution in [0.15, 0.2) is 60.7 Å². The van der Waals surface area contributed by atoms with E-state index < -0.39 is 29.8 Å². The lowest BCUT2D eigenvalue weighted by atomic mass is 9.83. The maximum absolute atomic E-state index is 14.2. The van der Waals surface area contributed by atoms with Crippen molar-refractivity contribution in [2.75, 3.05) is 0 Å². The van der Waals surface area contributed by atoms with E-state index in [9.17, 15) is 18.0 Å². The monoisotopic (exact) mass is 488 g/mol. The van der Waals surface area contributed by atoms with E-state index in [4.69, 9.17) is 9.47 Å². The predicted octanol–water partition coefficient (Wildman–Crippen LogP) is 7.73. The molecule has 4 rings (SSSR count). The van der Waals surface area contributed by atoms with Crippen LogP contribution in [0.4, 0.5) is 13.2 Å². The summed E-state index contributed by atoms with van der Waals surface area (Å²) >= 11 is 1.59. The molecule has 0 aliphatic heterocycles. The van der Waals surface area contributed by atoms with Gasteiger partial charge in [-0.15, -0.1) is 11.3 Å². The molecule has 0 spiro atoms. The molecule has 0 bridgehead atoms. The minimum Gasteiger partial charge on any atom is -0.489 e. The van der Waals surface area contributed by atoms with Crippen LogP contribution in [0.2, 0.25) is 0 Å². The second-order valence-electron chi connectivity index (χ2n) is 8.96. The Kier molecular flexibility index (Phi) is 6.51. The molecule has 1 saturated carbocycles. The molecule has 0 amide bonds. The molecule has 3 nitrogen and oxygen atoms in total. The third-order valence-corrected chi connectivity index (χ3v) is 7.80. The number of hydrogen-bond donors (Lipinski definition) is 0. The van der Waals surface area contributed by atoms with Crippen molar-refractivity contribution in [2.45, 2.75) is 58.4 Å². The zero-order chi connectivity index (χ0) is 24.7. The third-order valence-electron chi connectivity index (χ3n) is 6.67. The summed E-state index contributed by atoms with van der Waals surface area (Å²) in [5.41, 5.74) is 0.148. The molecule has 1 aromatic heterocycles. The Morgan fingerprint density at radius 3 is 2.53 bits per heavy atom. The molecule has 7 heteroatoms.